The number of nitrogens with one attached hydrogen (secondary N) is 2. The molecule has 0 atom stereocenters. The summed E-state index contributed by atoms with van der Waals surface area (Å²) < 4.78 is 0. The highest BCUT2D eigenvalue weighted by molar-refractivity contribution is 6.32. The van der Waals surface area contributed by atoms with Crippen molar-refractivity contribution in [1.29, 1.82) is 0 Å². The maximum absolute atomic E-state index is 11.5. The van der Waals surface area contributed by atoms with Crippen molar-refractivity contribution >= 4 is 23.3 Å². The molecule has 0 unspecified atom stereocenters. The Kier molecular flexibility index (Phi) is 4.12. The molecule has 0 spiro atoms. The van der Waals surface area contributed by atoms with E-state index in [0.717, 1.165) is 0 Å². The van der Waals surface area contributed by atoms with E-state index < -0.39 is 5.41 Å². The van der Waals surface area contributed by atoms with Crippen molar-refractivity contribution in [3.8, 4) is 0 Å². The van der Waals surface area contributed by atoms with E-state index in [0.29, 0.717) is 17.4 Å². The van der Waals surface area contributed by atoms with Crippen molar-refractivity contribution in [3.63, 3.8) is 0 Å². The molecule has 0 bridgehead atoms. The first-order valence-electron chi connectivity index (χ1n) is 5.04. The van der Waals surface area contributed by atoms with Gasteiger partial charge in [0.15, 0.2) is 0 Å². The van der Waals surface area contributed by atoms with Gasteiger partial charge in [-0.25, -0.2) is 4.98 Å². The highest BCUT2D eigenvalue weighted by Crippen LogP contribution is 2.21. The van der Waals surface area contributed by atoms with Gasteiger partial charge in [-0.2, -0.15) is 0 Å². The zero-order chi connectivity index (χ0) is 12.2. The third-order valence-electron chi connectivity index (χ3n) is 2.30. The van der Waals surface area contributed by atoms with E-state index in [1.165, 1.54) is 0 Å². The Morgan fingerprint density at radius 1 is 1.56 bits per heavy atom. The van der Waals surface area contributed by atoms with Crippen LogP contribution in [0.3, 0.4) is 0 Å². The summed E-state index contributed by atoms with van der Waals surface area (Å²) in [4.78, 5) is 15.6. The Bertz CT molecular complexity index is 379. The molecule has 0 aliphatic heterocycles. The number of pyridine rings is 1. The van der Waals surface area contributed by atoms with E-state index in [2.05, 4.69) is 15.6 Å². The Hall–Kier alpha value is -1.29. The summed E-state index contributed by atoms with van der Waals surface area (Å²) in [6.07, 6.45) is 1.65. The van der Waals surface area contributed by atoms with Gasteiger partial charge in [0, 0.05) is 19.8 Å². The molecular formula is C11H16ClN3O. The van der Waals surface area contributed by atoms with Gasteiger partial charge in [-0.1, -0.05) is 11.6 Å². The number of anilines is 1. The normalized spacial score (nSPS) is 11.0. The predicted molar refractivity (Wildman–Crippen MR) is 65.6 cm³/mol. The molecule has 0 radical (unpaired) electrons. The molecule has 16 heavy (non-hydrogen) atoms. The fourth-order valence-corrected chi connectivity index (χ4v) is 1.43. The van der Waals surface area contributed by atoms with Crippen LogP contribution in [0.15, 0.2) is 18.3 Å². The molecule has 0 fully saturated rings. The molecule has 0 saturated carbocycles. The second-order valence-electron chi connectivity index (χ2n) is 4.15. The van der Waals surface area contributed by atoms with E-state index >= 15 is 0 Å². The highest BCUT2D eigenvalue weighted by atomic mass is 35.5. The molecule has 5 heteroatoms. The number of halogens is 1. The molecule has 4 nitrogen and oxygen atoms in total. The number of carbonyl (C=O) groups is 1. The molecule has 1 aromatic rings. The summed E-state index contributed by atoms with van der Waals surface area (Å²) in [5, 5.41) is 6.24. The first kappa shape index (κ1) is 12.8. The summed E-state index contributed by atoms with van der Waals surface area (Å²) >= 11 is 5.94. The average molecular weight is 242 g/mol. The third-order valence-corrected chi connectivity index (χ3v) is 2.60. The van der Waals surface area contributed by atoms with Crippen molar-refractivity contribution in [2.45, 2.75) is 13.8 Å². The van der Waals surface area contributed by atoms with Crippen molar-refractivity contribution in [3.05, 3.63) is 23.4 Å². The molecular weight excluding hydrogens is 226 g/mol. The summed E-state index contributed by atoms with van der Waals surface area (Å²) in [6.45, 7) is 4.19. The highest BCUT2D eigenvalue weighted by Gasteiger charge is 2.26. The Morgan fingerprint density at radius 2 is 2.25 bits per heavy atom. The van der Waals surface area contributed by atoms with Gasteiger partial charge >= 0.3 is 0 Å². The second-order valence-corrected chi connectivity index (χ2v) is 4.56. The second kappa shape index (κ2) is 5.16. The van der Waals surface area contributed by atoms with E-state index in [1.807, 2.05) is 13.8 Å². The van der Waals surface area contributed by atoms with Crippen LogP contribution in [0, 0.1) is 5.41 Å². The number of nitrogens with zero attached hydrogens (tertiary/aromatic N) is 1. The van der Waals surface area contributed by atoms with Gasteiger partial charge in [0.05, 0.1) is 10.4 Å². The fraction of sp³-hybridized carbons (Fsp3) is 0.455. The topological polar surface area (TPSA) is 54.0 Å². The maximum atomic E-state index is 11.5. The maximum Gasteiger partial charge on any atom is 0.227 e. The van der Waals surface area contributed by atoms with Crippen LogP contribution < -0.4 is 10.6 Å². The average Bonchev–Trinajstić information content (AvgIpc) is 2.27. The number of hydrogen-bond acceptors (Lipinski definition) is 3. The zero-order valence-electron chi connectivity index (χ0n) is 9.67. The van der Waals surface area contributed by atoms with Crippen LogP contribution in [-0.2, 0) is 4.79 Å². The predicted octanol–water partition coefficient (Wildman–Crippen LogP) is 1.92. The molecule has 1 heterocycles. The third kappa shape index (κ3) is 3.10. The minimum absolute atomic E-state index is 0.0212. The molecule has 0 aromatic carbocycles. The van der Waals surface area contributed by atoms with Crippen LogP contribution in [0.2, 0.25) is 5.02 Å². The smallest absolute Gasteiger partial charge is 0.227 e. The summed E-state index contributed by atoms with van der Waals surface area (Å²) in [5.74, 6) is 0.577. The summed E-state index contributed by atoms with van der Waals surface area (Å²) in [5.41, 5.74) is -0.504. The van der Waals surface area contributed by atoms with Crippen molar-refractivity contribution < 1.29 is 4.79 Å². The lowest BCUT2D eigenvalue weighted by Gasteiger charge is -2.23. The van der Waals surface area contributed by atoms with Crippen LogP contribution in [0.4, 0.5) is 5.82 Å². The quantitative estimate of drug-likeness (QED) is 0.847. The molecule has 0 aliphatic rings. The van der Waals surface area contributed by atoms with Crippen LogP contribution in [0.1, 0.15) is 13.8 Å². The van der Waals surface area contributed by atoms with Gasteiger partial charge in [0.25, 0.3) is 0 Å². The van der Waals surface area contributed by atoms with Crippen molar-refractivity contribution in [2.75, 3.05) is 18.9 Å². The number of rotatable bonds is 4. The minimum atomic E-state index is -0.504. The molecule has 1 rings (SSSR count). The Morgan fingerprint density at radius 3 is 2.81 bits per heavy atom. The Labute approximate surface area is 100 Å². The van der Waals surface area contributed by atoms with Crippen LogP contribution in [0.25, 0.3) is 0 Å². The minimum Gasteiger partial charge on any atom is -0.368 e. The van der Waals surface area contributed by atoms with E-state index in [4.69, 9.17) is 11.6 Å². The van der Waals surface area contributed by atoms with Gasteiger partial charge in [-0.3, -0.25) is 4.79 Å². The standard InChI is InChI=1S/C11H16ClN3O/c1-11(2,10(16)13-3)7-15-9-8(12)5-4-6-14-9/h4-6H,7H2,1-3H3,(H,13,16)(H,14,15). The van der Waals surface area contributed by atoms with E-state index in [-0.39, 0.29) is 5.91 Å². The number of hydrogen-bond donors (Lipinski definition) is 2. The van der Waals surface area contributed by atoms with Crippen LogP contribution >= 0.6 is 11.6 Å². The van der Waals surface area contributed by atoms with Crippen molar-refractivity contribution in [2.24, 2.45) is 5.41 Å². The summed E-state index contributed by atoms with van der Waals surface area (Å²) in [7, 11) is 1.62. The van der Waals surface area contributed by atoms with Gasteiger partial charge < -0.3 is 10.6 Å². The van der Waals surface area contributed by atoms with Crippen molar-refractivity contribution in [1.82, 2.24) is 10.3 Å². The first-order valence-corrected chi connectivity index (χ1v) is 5.42. The number of amides is 1. The molecule has 1 aromatic heterocycles. The molecule has 0 aliphatic carbocycles. The van der Waals surface area contributed by atoms with Gasteiger partial charge in [0.1, 0.15) is 5.82 Å². The summed E-state index contributed by atoms with van der Waals surface area (Å²) in [6, 6.07) is 3.52. The first-order chi connectivity index (χ1) is 7.47. The SMILES string of the molecule is CNC(=O)C(C)(C)CNc1ncccc1Cl. The lowest BCUT2D eigenvalue weighted by molar-refractivity contribution is -0.128. The number of carbonyl (C=O) groups excluding carboxylic acids is 1. The molecule has 88 valence electrons. The largest absolute Gasteiger partial charge is 0.368 e. The van der Waals surface area contributed by atoms with E-state index in [1.54, 1.807) is 25.4 Å². The van der Waals surface area contributed by atoms with Crippen LogP contribution in [-0.4, -0.2) is 24.5 Å². The monoisotopic (exact) mass is 241 g/mol. The Balaban J connectivity index is 2.65. The fourth-order valence-electron chi connectivity index (χ4n) is 1.24. The van der Waals surface area contributed by atoms with E-state index in [9.17, 15) is 4.79 Å². The van der Waals surface area contributed by atoms with Crippen LogP contribution in [0.5, 0.6) is 0 Å². The molecule has 2 N–H and O–H groups in total. The van der Waals surface area contributed by atoms with Gasteiger partial charge in [-0.15, -0.1) is 0 Å². The number of aromatic nitrogens is 1. The molecule has 0 saturated heterocycles. The van der Waals surface area contributed by atoms with Gasteiger partial charge in [-0.05, 0) is 26.0 Å². The zero-order valence-corrected chi connectivity index (χ0v) is 10.4. The molecule has 1 amide bonds. The lowest BCUT2D eigenvalue weighted by Crippen LogP contribution is -2.39. The lowest BCUT2D eigenvalue weighted by atomic mass is 9.92. The van der Waals surface area contributed by atoms with Gasteiger partial charge in [0.2, 0.25) is 5.91 Å².